The number of carboxylic acid groups (broad SMARTS) is 1. The van der Waals surface area contributed by atoms with Crippen molar-refractivity contribution in [2.75, 3.05) is 7.11 Å². The van der Waals surface area contributed by atoms with Gasteiger partial charge in [-0.05, 0) is 25.7 Å². The van der Waals surface area contributed by atoms with Crippen molar-refractivity contribution in [3.8, 4) is 0 Å². The zero-order valence-electron chi connectivity index (χ0n) is 12.2. The monoisotopic (exact) mass is 266 g/mol. The van der Waals surface area contributed by atoms with Gasteiger partial charge in [-0.15, -0.1) is 0 Å². The van der Waals surface area contributed by atoms with E-state index in [1.807, 2.05) is 33.8 Å². The molecule has 1 N–H and O–H groups in total. The van der Waals surface area contributed by atoms with E-state index in [-0.39, 0.29) is 11.3 Å². The van der Waals surface area contributed by atoms with E-state index in [1.54, 1.807) is 6.08 Å². The first-order valence-corrected chi connectivity index (χ1v) is 6.33. The minimum Gasteiger partial charge on any atom is -0.481 e. The maximum Gasteiger partial charge on any atom is 0.330 e. The number of aliphatic carboxylic acids is 1. The van der Waals surface area contributed by atoms with Gasteiger partial charge in [0, 0.05) is 12.0 Å². The van der Waals surface area contributed by atoms with E-state index < -0.39 is 17.4 Å². The van der Waals surface area contributed by atoms with E-state index in [0.29, 0.717) is 6.42 Å². The molecule has 2 atom stereocenters. The minimum absolute atomic E-state index is 0.160. The average Bonchev–Trinajstić information content (AvgIpc) is 2.80. The summed E-state index contributed by atoms with van der Waals surface area (Å²) in [5.41, 5.74) is -0.0941. The summed E-state index contributed by atoms with van der Waals surface area (Å²) in [7, 11) is 1.30. The molecule has 0 bridgehead atoms. The molecule has 0 aromatic rings. The highest BCUT2D eigenvalue weighted by atomic mass is 16.5. The van der Waals surface area contributed by atoms with Crippen LogP contribution >= 0.6 is 0 Å². The van der Waals surface area contributed by atoms with Gasteiger partial charge in [-0.2, -0.15) is 0 Å². The van der Waals surface area contributed by atoms with Crippen molar-refractivity contribution in [2.24, 2.45) is 16.7 Å². The molecule has 1 fully saturated rings. The van der Waals surface area contributed by atoms with Crippen LogP contribution in [0.2, 0.25) is 0 Å². The zero-order chi connectivity index (χ0) is 14.8. The molecule has 0 unspecified atom stereocenters. The number of methoxy groups -OCH3 is 1. The number of ether oxygens (including phenoxy) is 1. The van der Waals surface area contributed by atoms with E-state index >= 15 is 0 Å². The standard InChI is InChI=1S/C15H22O4/c1-10(2)8-9-15(13(17)18)11(14(15,3)4)6-7-12(16)19-5/h6-8,11H,9H2,1-5H3,(H,17,18)/t11-,15+/m1/s1. The van der Waals surface area contributed by atoms with Gasteiger partial charge in [-0.3, -0.25) is 4.79 Å². The summed E-state index contributed by atoms with van der Waals surface area (Å²) >= 11 is 0. The van der Waals surface area contributed by atoms with E-state index in [2.05, 4.69) is 4.74 Å². The van der Waals surface area contributed by atoms with Gasteiger partial charge in [-0.25, -0.2) is 4.79 Å². The summed E-state index contributed by atoms with van der Waals surface area (Å²) in [6, 6.07) is 0. The Balaban J connectivity index is 3.00. The second-order valence-corrected chi connectivity index (χ2v) is 5.84. The summed E-state index contributed by atoms with van der Waals surface area (Å²) in [4.78, 5) is 22.8. The van der Waals surface area contributed by atoms with Crippen LogP contribution in [0, 0.1) is 16.7 Å². The van der Waals surface area contributed by atoms with Crippen LogP contribution in [0.15, 0.2) is 23.8 Å². The lowest BCUT2D eigenvalue weighted by atomic mass is 9.91. The number of carbonyl (C=O) groups is 2. The number of hydrogen-bond acceptors (Lipinski definition) is 3. The quantitative estimate of drug-likeness (QED) is 0.472. The first kappa shape index (κ1) is 15.5. The predicted molar refractivity (Wildman–Crippen MR) is 72.5 cm³/mol. The first-order valence-electron chi connectivity index (χ1n) is 6.33. The van der Waals surface area contributed by atoms with Crippen molar-refractivity contribution in [1.29, 1.82) is 0 Å². The molecule has 0 aromatic carbocycles. The maximum absolute atomic E-state index is 11.7. The maximum atomic E-state index is 11.7. The minimum atomic E-state index is -0.825. The SMILES string of the molecule is COC(=O)C=C[C@@H]1C(C)(C)[C@]1(CC=C(C)C)C(=O)O. The fraction of sp³-hybridized carbons (Fsp3) is 0.600. The molecule has 0 saturated heterocycles. The van der Waals surface area contributed by atoms with Crippen molar-refractivity contribution in [1.82, 2.24) is 0 Å². The molecule has 106 valence electrons. The van der Waals surface area contributed by atoms with Crippen molar-refractivity contribution < 1.29 is 19.4 Å². The lowest BCUT2D eigenvalue weighted by Crippen LogP contribution is -2.21. The zero-order valence-corrected chi connectivity index (χ0v) is 12.2. The van der Waals surface area contributed by atoms with Crippen molar-refractivity contribution in [3.63, 3.8) is 0 Å². The van der Waals surface area contributed by atoms with Gasteiger partial charge in [0.05, 0.1) is 12.5 Å². The largest absolute Gasteiger partial charge is 0.481 e. The highest BCUT2D eigenvalue weighted by molar-refractivity contribution is 5.84. The van der Waals surface area contributed by atoms with Gasteiger partial charge >= 0.3 is 11.9 Å². The van der Waals surface area contributed by atoms with Crippen LogP contribution in [-0.4, -0.2) is 24.2 Å². The molecule has 1 rings (SSSR count). The molecule has 0 aliphatic heterocycles. The molecular formula is C15H22O4. The molecule has 1 aliphatic carbocycles. The van der Waals surface area contributed by atoms with E-state index in [0.717, 1.165) is 5.57 Å². The van der Waals surface area contributed by atoms with Gasteiger partial charge in [0.1, 0.15) is 0 Å². The molecule has 19 heavy (non-hydrogen) atoms. The number of allylic oxidation sites excluding steroid dienone is 3. The lowest BCUT2D eigenvalue weighted by molar-refractivity contribution is -0.145. The molecule has 0 radical (unpaired) electrons. The topological polar surface area (TPSA) is 63.6 Å². The van der Waals surface area contributed by atoms with Gasteiger partial charge < -0.3 is 9.84 Å². The van der Waals surface area contributed by atoms with Crippen LogP contribution in [-0.2, 0) is 14.3 Å². The Morgan fingerprint density at radius 1 is 1.32 bits per heavy atom. The Hall–Kier alpha value is -1.58. The van der Waals surface area contributed by atoms with Crippen LogP contribution in [0.25, 0.3) is 0 Å². The van der Waals surface area contributed by atoms with Gasteiger partial charge in [0.15, 0.2) is 0 Å². The fourth-order valence-electron chi connectivity index (χ4n) is 2.79. The predicted octanol–water partition coefficient (Wildman–Crippen LogP) is 2.80. The Bertz CT molecular complexity index is 441. The molecule has 1 saturated carbocycles. The number of rotatable bonds is 5. The normalized spacial score (nSPS) is 27.9. The summed E-state index contributed by atoms with van der Waals surface area (Å²) in [5.74, 6) is -1.43. The van der Waals surface area contributed by atoms with Crippen LogP contribution in [0.5, 0.6) is 0 Å². The third kappa shape index (κ3) is 2.57. The summed E-state index contributed by atoms with van der Waals surface area (Å²) in [6.45, 7) is 7.74. The van der Waals surface area contributed by atoms with Crippen LogP contribution in [0.4, 0.5) is 0 Å². The second-order valence-electron chi connectivity index (χ2n) is 5.84. The molecule has 0 aromatic heterocycles. The molecule has 4 heteroatoms. The summed E-state index contributed by atoms with van der Waals surface area (Å²) in [6.07, 6.45) is 5.41. The van der Waals surface area contributed by atoms with Crippen molar-refractivity contribution in [3.05, 3.63) is 23.8 Å². The Kier molecular flexibility index (Phi) is 4.23. The van der Waals surface area contributed by atoms with Gasteiger partial charge in [0.25, 0.3) is 0 Å². The molecule has 4 nitrogen and oxygen atoms in total. The van der Waals surface area contributed by atoms with E-state index in [9.17, 15) is 14.7 Å². The van der Waals surface area contributed by atoms with Gasteiger partial charge in [-0.1, -0.05) is 31.6 Å². The fourth-order valence-corrected chi connectivity index (χ4v) is 2.79. The molecular weight excluding hydrogens is 244 g/mol. The highest BCUT2D eigenvalue weighted by Gasteiger charge is 2.73. The second kappa shape index (κ2) is 5.19. The number of carbonyl (C=O) groups excluding carboxylic acids is 1. The Morgan fingerprint density at radius 2 is 1.89 bits per heavy atom. The van der Waals surface area contributed by atoms with E-state index in [4.69, 9.17) is 0 Å². The Labute approximate surface area is 114 Å². The van der Waals surface area contributed by atoms with E-state index in [1.165, 1.54) is 13.2 Å². The van der Waals surface area contributed by atoms with Crippen LogP contribution < -0.4 is 0 Å². The molecule has 1 aliphatic rings. The summed E-state index contributed by atoms with van der Waals surface area (Å²) < 4.78 is 4.54. The highest BCUT2D eigenvalue weighted by Crippen LogP contribution is 2.71. The van der Waals surface area contributed by atoms with Crippen LogP contribution in [0.1, 0.15) is 34.1 Å². The Morgan fingerprint density at radius 3 is 2.32 bits per heavy atom. The molecule has 0 spiro atoms. The molecule has 0 heterocycles. The number of esters is 1. The number of carboxylic acids is 1. The third-order valence-corrected chi connectivity index (χ3v) is 4.21. The lowest BCUT2D eigenvalue weighted by Gasteiger charge is -2.13. The smallest absolute Gasteiger partial charge is 0.330 e. The van der Waals surface area contributed by atoms with Crippen molar-refractivity contribution in [2.45, 2.75) is 34.1 Å². The summed E-state index contributed by atoms with van der Waals surface area (Å²) in [5, 5.41) is 9.57. The first-order chi connectivity index (χ1) is 8.70. The van der Waals surface area contributed by atoms with Crippen molar-refractivity contribution >= 4 is 11.9 Å². The van der Waals surface area contributed by atoms with Gasteiger partial charge in [0.2, 0.25) is 0 Å². The number of hydrogen-bond donors (Lipinski definition) is 1. The molecule has 0 amide bonds. The third-order valence-electron chi connectivity index (χ3n) is 4.21. The van der Waals surface area contributed by atoms with Crippen LogP contribution in [0.3, 0.4) is 0 Å². The average molecular weight is 266 g/mol.